The van der Waals surface area contributed by atoms with Crippen LogP contribution < -0.4 is 9.46 Å². The number of ether oxygens (including phenoxy) is 3. The maximum absolute atomic E-state index is 13.4. The Labute approximate surface area is 208 Å². The summed E-state index contributed by atoms with van der Waals surface area (Å²) >= 11 is 5.86. The van der Waals surface area contributed by atoms with Crippen LogP contribution in [0.1, 0.15) is 37.7 Å². The molecule has 0 bridgehead atoms. The third kappa shape index (κ3) is 5.22. The van der Waals surface area contributed by atoms with Crippen LogP contribution in [0, 0.1) is 0 Å². The van der Waals surface area contributed by atoms with E-state index in [4.69, 9.17) is 25.8 Å². The van der Waals surface area contributed by atoms with Gasteiger partial charge in [0.15, 0.2) is 11.6 Å². The standard InChI is InChI=1S/C21H26ClN7O5S/c1-12(18(34-4)19-23-10-13(22)11-24-19)35(30,31)28-21-27-26-20(16-6-5-7-17(25-16)33-3)29(21)14-8-15(9-14)32-2/h5-7,10-12,14-15,18H,8-9H2,1-4H3,(H,27,28)/t12-,14?,15?,18-/m0/s1. The molecule has 3 heterocycles. The first kappa shape index (κ1) is 25.2. The normalized spacial score (nSPS) is 19.6. The van der Waals surface area contributed by atoms with Gasteiger partial charge in [-0.05, 0) is 25.8 Å². The van der Waals surface area contributed by atoms with Crippen LogP contribution in [0.15, 0.2) is 30.6 Å². The monoisotopic (exact) mass is 523 g/mol. The molecule has 0 radical (unpaired) electrons. The molecule has 0 unspecified atom stereocenters. The minimum Gasteiger partial charge on any atom is -0.481 e. The average Bonchev–Trinajstić information content (AvgIpc) is 3.22. The molecule has 4 rings (SSSR count). The van der Waals surface area contributed by atoms with Gasteiger partial charge in [-0.25, -0.2) is 23.4 Å². The lowest BCUT2D eigenvalue weighted by atomic mass is 9.89. The number of nitrogens with zero attached hydrogens (tertiary/aromatic N) is 6. The van der Waals surface area contributed by atoms with Crippen LogP contribution in [0.25, 0.3) is 11.5 Å². The van der Waals surface area contributed by atoms with Crippen LogP contribution >= 0.6 is 11.6 Å². The van der Waals surface area contributed by atoms with Crippen molar-refractivity contribution in [1.82, 2.24) is 29.7 Å². The topological polar surface area (TPSA) is 143 Å². The average molecular weight is 524 g/mol. The number of sulfonamides is 1. The fourth-order valence-electron chi connectivity index (χ4n) is 3.83. The molecule has 35 heavy (non-hydrogen) atoms. The van der Waals surface area contributed by atoms with E-state index in [0.29, 0.717) is 35.3 Å². The summed E-state index contributed by atoms with van der Waals surface area (Å²) in [5, 5.41) is 7.67. The Hall–Kier alpha value is -2.87. The lowest BCUT2D eigenvalue weighted by molar-refractivity contribution is 0.00718. The van der Waals surface area contributed by atoms with Gasteiger partial charge in [-0.1, -0.05) is 17.7 Å². The molecule has 3 aromatic rings. The summed E-state index contributed by atoms with van der Waals surface area (Å²) in [6, 6.07) is 5.17. The lowest BCUT2D eigenvalue weighted by Crippen LogP contribution is -2.36. The quantitative estimate of drug-likeness (QED) is 0.421. The van der Waals surface area contributed by atoms with Crippen molar-refractivity contribution < 1.29 is 22.6 Å². The van der Waals surface area contributed by atoms with E-state index in [0.717, 1.165) is 0 Å². The third-order valence-corrected chi connectivity index (χ3v) is 7.81. The van der Waals surface area contributed by atoms with Crippen LogP contribution in [0.3, 0.4) is 0 Å². The molecule has 0 spiro atoms. The molecule has 14 heteroatoms. The maximum atomic E-state index is 13.4. The van der Waals surface area contributed by atoms with Gasteiger partial charge in [-0.15, -0.1) is 10.2 Å². The molecule has 1 aliphatic carbocycles. The predicted molar refractivity (Wildman–Crippen MR) is 128 cm³/mol. The van der Waals surface area contributed by atoms with Crippen molar-refractivity contribution in [3.05, 3.63) is 41.4 Å². The summed E-state index contributed by atoms with van der Waals surface area (Å²) in [4.78, 5) is 12.7. The Morgan fingerprint density at radius 3 is 2.49 bits per heavy atom. The Bertz CT molecular complexity index is 1270. The zero-order valence-electron chi connectivity index (χ0n) is 19.6. The SMILES string of the molecule is COc1cccc(-c2nnc(NS(=O)(=O)[C@@H](C)[C@H](OC)c3ncc(Cl)cn3)n2C2CC(OC)C2)n1. The fourth-order valence-corrected chi connectivity index (χ4v) is 5.07. The van der Waals surface area contributed by atoms with Crippen LogP contribution in [0.4, 0.5) is 5.95 Å². The van der Waals surface area contributed by atoms with Gasteiger partial charge in [0.05, 0.1) is 18.2 Å². The molecular weight excluding hydrogens is 498 g/mol. The highest BCUT2D eigenvalue weighted by molar-refractivity contribution is 7.93. The number of rotatable bonds is 10. The van der Waals surface area contributed by atoms with Crippen molar-refractivity contribution in [3.63, 3.8) is 0 Å². The molecule has 0 aromatic carbocycles. The Kier molecular flexibility index (Phi) is 7.50. The first-order chi connectivity index (χ1) is 16.8. The summed E-state index contributed by atoms with van der Waals surface area (Å²) in [6.07, 6.45) is 3.24. The second-order valence-electron chi connectivity index (χ2n) is 8.03. The van der Waals surface area contributed by atoms with E-state index in [1.807, 2.05) is 0 Å². The molecule has 0 amide bonds. The number of anilines is 1. The van der Waals surface area contributed by atoms with E-state index in [1.165, 1.54) is 33.5 Å². The fraction of sp³-hybridized carbons (Fsp3) is 0.476. The zero-order chi connectivity index (χ0) is 25.2. The van der Waals surface area contributed by atoms with Gasteiger partial charge in [0.2, 0.25) is 21.9 Å². The van der Waals surface area contributed by atoms with Crippen LogP contribution in [0.2, 0.25) is 5.02 Å². The van der Waals surface area contributed by atoms with Crippen molar-refractivity contribution in [1.29, 1.82) is 0 Å². The highest BCUT2D eigenvalue weighted by Crippen LogP contribution is 2.39. The number of methoxy groups -OCH3 is 3. The van der Waals surface area contributed by atoms with E-state index in [-0.39, 0.29) is 23.9 Å². The number of pyridine rings is 1. The number of halogens is 1. The van der Waals surface area contributed by atoms with Gasteiger partial charge in [0.25, 0.3) is 0 Å². The van der Waals surface area contributed by atoms with Gasteiger partial charge in [-0.2, -0.15) is 0 Å². The predicted octanol–water partition coefficient (Wildman–Crippen LogP) is 2.66. The van der Waals surface area contributed by atoms with Gasteiger partial charge in [-0.3, -0.25) is 9.29 Å². The van der Waals surface area contributed by atoms with Crippen LogP contribution in [0.5, 0.6) is 5.88 Å². The molecule has 12 nitrogen and oxygen atoms in total. The van der Waals surface area contributed by atoms with Crippen molar-refractivity contribution in [2.45, 2.75) is 43.3 Å². The van der Waals surface area contributed by atoms with E-state index < -0.39 is 21.4 Å². The Morgan fingerprint density at radius 1 is 1.14 bits per heavy atom. The number of nitrogens with one attached hydrogen (secondary N) is 1. The molecule has 1 saturated carbocycles. The Balaban J connectivity index is 1.67. The van der Waals surface area contributed by atoms with E-state index >= 15 is 0 Å². The van der Waals surface area contributed by atoms with E-state index in [9.17, 15) is 8.42 Å². The molecule has 0 aliphatic heterocycles. The molecule has 1 aliphatic rings. The van der Waals surface area contributed by atoms with Gasteiger partial charge in [0.1, 0.15) is 17.0 Å². The van der Waals surface area contributed by atoms with Gasteiger partial charge >= 0.3 is 0 Å². The second-order valence-corrected chi connectivity index (χ2v) is 10.5. The summed E-state index contributed by atoms with van der Waals surface area (Å²) in [6.45, 7) is 1.50. The molecular formula is C21H26ClN7O5S. The summed E-state index contributed by atoms with van der Waals surface area (Å²) in [5.41, 5.74) is 0.501. The van der Waals surface area contributed by atoms with Crippen molar-refractivity contribution in [2.24, 2.45) is 0 Å². The first-order valence-electron chi connectivity index (χ1n) is 10.8. The Morgan fingerprint density at radius 2 is 1.86 bits per heavy atom. The van der Waals surface area contributed by atoms with Gasteiger partial charge < -0.3 is 14.2 Å². The minimum atomic E-state index is -4.01. The summed E-state index contributed by atoms with van der Waals surface area (Å²) in [7, 11) is 0.543. The number of aromatic nitrogens is 6. The zero-order valence-corrected chi connectivity index (χ0v) is 21.2. The smallest absolute Gasteiger partial charge is 0.240 e. The van der Waals surface area contributed by atoms with Crippen molar-refractivity contribution in [2.75, 3.05) is 26.1 Å². The van der Waals surface area contributed by atoms with E-state index in [1.54, 1.807) is 29.9 Å². The lowest BCUT2D eigenvalue weighted by Gasteiger charge is -2.36. The molecule has 188 valence electrons. The molecule has 1 N–H and O–H groups in total. The molecule has 2 atom stereocenters. The largest absolute Gasteiger partial charge is 0.481 e. The second kappa shape index (κ2) is 10.4. The number of hydrogen-bond donors (Lipinski definition) is 1. The minimum absolute atomic E-state index is 0.0665. The molecule has 0 saturated heterocycles. The molecule has 3 aromatic heterocycles. The maximum Gasteiger partial charge on any atom is 0.240 e. The summed E-state index contributed by atoms with van der Waals surface area (Å²) < 4.78 is 47.1. The van der Waals surface area contributed by atoms with Crippen molar-refractivity contribution in [3.8, 4) is 17.4 Å². The number of hydrogen-bond acceptors (Lipinski definition) is 10. The van der Waals surface area contributed by atoms with Crippen molar-refractivity contribution >= 4 is 27.6 Å². The highest BCUT2D eigenvalue weighted by Gasteiger charge is 2.38. The van der Waals surface area contributed by atoms with E-state index in [2.05, 4.69) is 29.9 Å². The van der Waals surface area contributed by atoms with Crippen LogP contribution in [-0.2, 0) is 19.5 Å². The van der Waals surface area contributed by atoms with Crippen LogP contribution in [-0.4, -0.2) is 70.8 Å². The third-order valence-electron chi connectivity index (χ3n) is 5.92. The summed E-state index contributed by atoms with van der Waals surface area (Å²) in [5.74, 6) is 1.09. The first-order valence-corrected chi connectivity index (χ1v) is 12.7. The van der Waals surface area contributed by atoms with Gasteiger partial charge in [0, 0.05) is 38.7 Å². The highest BCUT2D eigenvalue weighted by atomic mass is 35.5. The molecule has 1 fully saturated rings.